The molecule has 2 atom stereocenters. The number of unbranched alkanes of at least 4 members (excludes halogenated alkanes) is 2. The molecule has 9 heteroatoms. The Labute approximate surface area is 165 Å². The number of rotatable bonds is 11. The predicted octanol–water partition coefficient (Wildman–Crippen LogP) is -0.832. The fraction of sp³-hybridized carbons (Fsp3) is 0.588. The van der Waals surface area contributed by atoms with E-state index in [9.17, 15) is 24.3 Å². The molecule has 150 valence electrons. The summed E-state index contributed by atoms with van der Waals surface area (Å²) in [6.07, 6.45) is 2.46. The predicted molar refractivity (Wildman–Crippen MR) is 94.8 cm³/mol. The molecule has 0 radical (unpaired) electrons. The van der Waals surface area contributed by atoms with Crippen LogP contribution in [0, 0.1) is 0 Å². The molecule has 0 saturated carbocycles. The summed E-state index contributed by atoms with van der Waals surface area (Å²) >= 11 is 0. The highest BCUT2D eigenvalue weighted by molar-refractivity contribution is 7.54. The van der Waals surface area contributed by atoms with E-state index in [1.54, 1.807) is 0 Å². The van der Waals surface area contributed by atoms with Gasteiger partial charge in [-0.15, -0.1) is 0 Å². The number of carboxylic acid groups (broad SMARTS) is 1. The number of carbonyl (C=O) groups is 1. The second-order valence-corrected chi connectivity index (χ2v) is 8.66. The van der Waals surface area contributed by atoms with Crippen molar-refractivity contribution < 1.29 is 50.8 Å². The van der Waals surface area contributed by atoms with Crippen molar-refractivity contribution in [3.8, 4) is 0 Å². The van der Waals surface area contributed by atoms with Crippen LogP contribution in [0.15, 0.2) is 30.3 Å². The zero-order chi connectivity index (χ0) is 19.1. The number of nitrogens with zero attached hydrogens (tertiary/aromatic N) is 1. The van der Waals surface area contributed by atoms with Gasteiger partial charge in [0.1, 0.15) is 6.54 Å². The van der Waals surface area contributed by atoms with Gasteiger partial charge >= 0.3 is 13.6 Å². The van der Waals surface area contributed by atoms with Crippen molar-refractivity contribution >= 4 is 13.6 Å². The lowest BCUT2D eigenvalue weighted by Gasteiger charge is -2.37. The summed E-state index contributed by atoms with van der Waals surface area (Å²) in [5, 5.41) is 16.1. The van der Waals surface area contributed by atoms with E-state index >= 15 is 0 Å². The molecular formula is C17H29BrNO6P. The lowest BCUT2D eigenvalue weighted by atomic mass is 10.1. The van der Waals surface area contributed by atoms with Gasteiger partial charge in [0.05, 0.1) is 20.1 Å². The molecule has 0 fully saturated rings. The van der Waals surface area contributed by atoms with Crippen LogP contribution in [0.1, 0.15) is 38.2 Å². The van der Waals surface area contributed by atoms with E-state index in [-0.39, 0.29) is 23.5 Å². The van der Waals surface area contributed by atoms with Crippen LogP contribution in [0.5, 0.6) is 0 Å². The number of halogens is 1. The summed E-state index contributed by atoms with van der Waals surface area (Å²) in [7, 11) is -3.28. The molecule has 0 heterocycles. The molecule has 0 aliphatic carbocycles. The minimum Gasteiger partial charge on any atom is -1.00 e. The third-order valence-corrected chi connectivity index (χ3v) is 5.91. The summed E-state index contributed by atoms with van der Waals surface area (Å²) < 4.78 is 11.9. The maximum absolute atomic E-state index is 11.5. The second-order valence-electron chi connectivity index (χ2n) is 6.83. The van der Waals surface area contributed by atoms with E-state index < -0.39 is 25.3 Å². The zero-order valence-electron chi connectivity index (χ0n) is 15.2. The Kier molecular flexibility index (Phi) is 10.2. The van der Waals surface area contributed by atoms with Crippen LogP contribution in [-0.2, 0) is 15.9 Å². The molecule has 1 aromatic carbocycles. The summed E-state index contributed by atoms with van der Waals surface area (Å²) in [6, 6.07) is 9.65. The van der Waals surface area contributed by atoms with Crippen LogP contribution in [0.2, 0.25) is 0 Å². The van der Waals surface area contributed by atoms with Crippen molar-refractivity contribution in [2.75, 3.05) is 20.1 Å². The maximum atomic E-state index is 11.5. The van der Waals surface area contributed by atoms with Crippen LogP contribution in [0.25, 0.3) is 0 Å². The number of hydrogen-bond donors (Lipinski definition) is 4. The van der Waals surface area contributed by atoms with Crippen molar-refractivity contribution in [2.45, 2.75) is 44.5 Å². The largest absolute Gasteiger partial charge is 1.00 e. The Morgan fingerprint density at radius 2 is 1.73 bits per heavy atom. The molecule has 4 N–H and O–H groups in total. The van der Waals surface area contributed by atoms with Crippen LogP contribution < -0.4 is 17.0 Å². The highest BCUT2D eigenvalue weighted by Gasteiger charge is 2.53. The Balaban J connectivity index is 0.00000625. The van der Waals surface area contributed by atoms with E-state index in [2.05, 4.69) is 6.92 Å². The van der Waals surface area contributed by atoms with E-state index in [1.165, 1.54) is 0 Å². The number of hydrogen-bond acceptors (Lipinski definition) is 3. The zero-order valence-corrected chi connectivity index (χ0v) is 17.7. The van der Waals surface area contributed by atoms with Gasteiger partial charge < -0.3 is 41.5 Å². The third kappa shape index (κ3) is 7.10. The van der Waals surface area contributed by atoms with Crippen molar-refractivity contribution in [3.63, 3.8) is 0 Å². The number of carboxylic acids is 1. The van der Waals surface area contributed by atoms with Crippen molar-refractivity contribution in [3.05, 3.63) is 35.9 Å². The first-order valence-electron chi connectivity index (χ1n) is 8.43. The molecule has 0 bridgehead atoms. The first kappa shape index (κ1) is 25.2. The van der Waals surface area contributed by atoms with Gasteiger partial charge in [0.2, 0.25) is 0 Å². The summed E-state index contributed by atoms with van der Waals surface area (Å²) in [6.45, 7) is 3.56. The standard InChI is InChI=1S/C17H28NO6P.BrH/c1-3-4-8-12-18(2,14-15-9-6-5-7-10-15)13-11-17(21,16(19)20)25(22,23)24;/h5-7,9-10,21H,3-4,8,11-14H2,1-2H3,(H2-,19,20,22,23,24);1H. The number of quaternary nitrogens is 1. The van der Waals surface area contributed by atoms with Gasteiger partial charge in [-0.2, -0.15) is 0 Å². The van der Waals surface area contributed by atoms with E-state index in [0.29, 0.717) is 11.0 Å². The average molecular weight is 454 g/mol. The quantitative estimate of drug-likeness (QED) is 0.197. The maximum Gasteiger partial charge on any atom is 0.368 e. The summed E-state index contributed by atoms with van der Waals surface area (Å²) in [4.78, 5) is 29.8. The van der Waals surface area contributed by atoms with Gasteiger partial charge in [-0.3, -0.25) is 4.57 Å². The monoisotopic (exact) mass is 453 g/mol. The lowest BCUT2D eigenvalue weighted by Crippen LogP contribution is -3.00. The lowest BCUT2D eigenvalue weighted by molar-refractivity contribution is -0.923. The Hall–Kier alpha value is -0.760. The molecule has 0 amide bonds. The summed E-state index contributed by atoms with van der Waals surface area (Å²) in [5.74, 6) is -1.89. The molecular weight excluding hydrogens is 425 g/mol. The van der Waals surface area contributed by atoms with Gasteiger partial charge in [0.25, 0.3) is 5.34 Å². The van der Waals surface area contributed by atoms with Gasteiger partial charge in [-0.1, -0.05) is 43.7 Å². The molecule has 7 nitrogen and oxygen atoms in total. The van der Waals surface area contributed by atoms with Gasteiger partial charge in [-0.05, 0) is 12.8 Å². The number of aliphatic hydroxyl groups is 1. The molecule has 26 heavy (non-hydrogen) atoms. The van der Waals surface area contributed by atoms with Crippen molar-refractivity contribution in [1.29, 1.82) is 0 Å². The highest BCUT2D eigenvalue weighted by atomic mass is 79.9. The molecule has 0 aromatic heterocycles. The Morgan fingerprint density at radius 3 is 2.19 bits per heavy atom. The molecule has 0 aliphatic rings. The van der Waals surface area contributed by atoms with Crippen LogP contribution in [0.3, 0.4) is 0 Å². The first-order chi connectivity index (χ1) is 11.5. The fourth-order valence-electron chi connectivity index (χ4n) is 2.84. The highest BCUT2D eigenvalue weighted by Crippen LogP contribution is 2.51. The van der Waals surface area contributed by atoms with Gasteiger partial charge in [0.15, 0.2) is 0 Å². The summed E-state index contributed by atoms with van der Waals surface area (Å²) in [5.41, 5.74) is 1.05. The van der Waals surface area contributed by atoms with E-state index in [1.807, 2.05) is 37.4 Å². The number of aliphatic carboxylic acids is 1. The molecule has 0 saturated heterocycles. The van der Waals surface area contributed by atoms with Crippen LogP contribution in [0.4, 0.5) is 0 Å². The first-order valence-corrected chi connectivity index (χ1v) is 10.0. The van der Waals surface area contributed by atoms with Gasteiger partial charge in [-0.25, -0.2) is 4.79 Å². The molecule has 1 aromatic rings. The van der Waals surface area contributed by atoms with Gasteiger partial charge in [0, 0.05) is 12.0 Å². The Morgan fingerprint density at radius 1 is 1.15 bits per heavy atom. The minimum atomic E-state index is -5.20. The molecule has 1 rings (SSSR count). The SMILES string of the molecule is CCCCC[N+](C)(CCC(O)(C(=O)O)P(=O)(O)O)Cc1ccccc1.[Br-]. The minimum absolute atomic E-state index is 0. The average Bonchev–Trinajstić information content (AvgIpc) is 2.52. The van der Waals surface area contributed by atoms with Crippen LogP contribution in [-0.4, -0.2) is 55.9 Å². The Bertz CT molecular complexity index is 611. The third-order valence-electron chi connectivity index (χ3n) is 4.53. The fourth-order valence-corrected chi connectivity index (χ4v) is 3.48. The normalized spacial score (nSPS) is 16.2. The topological polar surface area (TPSA) is 115 Å². The van der Waals surface area contributed by atoms with Crippen molar-refractivity contribution in [2.24, 2.45) is 0 Å². The van der Waals surface area contributed by atoms with Crippen molar-refractivity contribution in [1.82, 2.24) is 0 Å². The van der Waals surface area contributed by atoms with E-state index in [4.69, 9.17) is 5.11 Å². The smallest absolute Gasteiger partial charge is 0.368 e. The molecule has 2 unspecified atom stereocenters. The van der Waals surface area contributed by atoms with E-state index in [0.717, 1.165) is 31.4 Å². The molecule has 0 aliphatic heterocycles. The molecule has 0 spiro atoms. The second kappa shape index (κ2) is 10.5. The van der Waals surface area contributed by atoms with Crippen LogP contribution >= 0.6 is 7.60 Å². The number of benzene rings is 1.